The molecule has 0 heterocycles. The molecule has 0 aliphatic heterocycles. The molecule has 1 aromatic rings. The monoisotopic (exact) mass is 310 g/mol. The number of nitrogens with zero attached hydrogens (tertiary/aromatic N) is 1. The van der Waals surface area contributed by atoms with Crippen LogP contribution in [0.5, 0.6) is 0 Å². The number of carbonyl (C=O) groups is 2. The van der Waals surface area contributed by atoms with E-state index in [-0.39, 0.29) is 5.56 Å². The van der Waals surface area contributed by atoms with Crippen LogP contribution < -0.4 is 5.32 Å². The zero-order valence-corrected chi connectivity index (χ0v) is 11.4. The molecular formula is C12H11BrN2O3. The van der Waals surface area contributed by atoms with E-state index < -0.39 is 17.3 Å². The number of halogens is 1. The van der Waals surface area contributed by atoms with E-state index in [0.29, 0.717) is 10.2 Å². The topological polar surface area (TPSA) is 90.2 Å². The van der Waals surface area contributed by atoms with Crippen molar-refractivity contribution >= 4 is 33.5 Å². The number of carboxylic acid groups (broad SMARTS) is 1. The van der Waals surface area contributed by atoms with Crippen LogP contribution in [0.25, 0.3) is 0 Å². The third-order valence-corrected chi connectivity index (χ3v) is 2.95. The number of hydrogen-bond acceptors (Lipinski definition) is 3. The molecule has 0 fully saturated rings. The third kappa shape index (κ3) is 2.87. The summed E-state index contributed by atoms with van der Waals surface area (Å²) in [4.78, 5) is 22.7. The van der Waals surface area contributed by atoms with Gasteiger partial charge in [-0.05, 0) is 32.0 Å². The van der Waals surface area contributed by atoms with E-state index in [1.807, 2.05) is 6.07 Å². The van der Waals surface area contributed by atoms with Crippen LogP contribution in [0.15, 0.2) is 22.7 Å². The number of nitrogens with one attached hydrogen (secondary N) is 1. The fraction of sp³-hybridized carbons (Fsp3) is 0.250. The van der Waals surface area contributed by atoms with Crippen molar-refractivity contribution < 1.29 is 14.7 Å². The zero-order valence-electron chi connectivity index (χ0n) is 9.82. The summed E-state index contributed by atoms with van der Waals surface area (Å²) in [7, 11) is 0. The van der Waals surface area contributed by atoms with Gasteiger partial charge in [0, 0.05) is 4.47 Å². The van der Waals surface area contributed by atoms with Gasteiger partial charge in [-0.25, -0.2) is 0 Å². The van der Waals surface area contributed by atoms with Crippen LogP contribution in [0.2, 0.25) is 0 Å². The van der Waals surface area contributed by atoms with Crippen molar-refractivity contribution in [3.05, 3.63) is 28.2 Å². The fourth-order valence-corrected chi connectivity index (χ4v) is 1.45. The minimum absolute atomic E-state index is 0.263. The second-order valence-corrected chi connectivity index (χ2v) is 5.10. The van der Waals surface area contributed by atoms with Crippen LogP contribution in [-0.2, 0) is 9.59 Å². The number of benzene rings is 1. The molecule has 1 aromatic carbocycles. The molecule has 0 aliphatic rings. The van der Waals surface area contributed by atoms with Crippen LogP contribution in [-0.4, -0.2) is 17.0 Å². The molecule has 1 rings (SSSR count). The summed E-state index contributed by atoms with van der Waals surface area (Å²) >= 11 is 3.21. The van der Waals surface area contributed by atoms with Gasteiger partial charge in [-0.2, -0.15) is 5.26 Å². The summed E-state index contributed by atoms with van der Waals surface area (Å²) in [6.45, 7) is 2.60. The number of aliphatic carboxylic acids is 1. The van der Waals surface area contributed by atoms with Gasteiger partial charge >= 0.3 is 5.97 Å². The van der Waals surface area contributed by atoms with E-state index in [1.54, 1.807) is 18.2 Å². The lowest BCUT2D eigenvalue weighted by molar-refractivity contribution is -0.151. The van der Waals surface area contributed by atoms with Crippen LogP contribution in [0.3, 0.4) is 0 Å². The van der Waals surface area contributed by atoms with Gasteiger partial charge in [-0.3, -0.25) is 9.59 Å². The molecule has 0 spiro atoms. The molecule has 0 atom stereocenters. The molecule has 6 heteroatoms. The van der Waals surface area contributed by atoms with Gasteiger partial charge < -0.3 is 10.4 Å². The molecular weight excluding hydrogens is 300 g/mol. The van der Waals surface area contributed by atoms with Crippen molar-refractivity contribution in [2.24, 2.45) is 5.41 Å². The highest BCUT2D eigenvalue weighted by Gasteiger charge is 2.36. The third-order valence-electron chi connectivity index (χ3n) is 2.45. The molecule has 18 heavy (non-hydrogen) atoms. The largest absolute Gasteiger partial charge is 0.480 e. The molecule has 0 radical (unpaired) electrons. The fourth-order valence-electron chi connectivity index (χ4n) is 1.09. The first kappa shape index (κ1) is 14.2. The van der Waals surface area contributed by atoms with Crippen LogP contribution >= 0.6 is 15.9 Å². The van der Waals surface area contributed by atoms with Crippen molar-refractivity contribution in [3.63, 3.8) is 0 Å². The average molecular weight is 311 g/mol. The first-order valence-corrected chi connectivity index (χ1v) is 5.83. The van der Waals surface area contributed by atoms with Crippen molar-refractivity contribution in [1.29, 1.82) is 5.26 Å². The van der Waals surface area contributed by atoms with Crippen molar-refractivity contribution in [3.8, 4) is 6.07 Å². The van der Waals surface area contributed by atoms with Gasteiger partial charge in [-0.15, -0.1) is 0 Å². The standard InChI is InChI=1S/C12H11BrN2O3/c1-12(2,11(17)18)10(16)15-9-4-3-8(13)5-7(9)6-14/h3-5H,1-2H3,(H,15,16)(H,17,18). The minimum atomic E-state index is -1.56. The van der Waals surface area contributed by atoms with Crippen LogP contribution in [0.1, 0.15) is 19.4 Å². The first-order chi connectivity index (χ1) is 8.28. The van der Waals surface area contributed by atoms with Crippen molar-refractivity contribution in [1.82, 2.24) is 0 Å². The lowest BCUT2D eigenvalue weighted by atomic mass is 9.92. The molecule has 0 saturated heterocycles. The van der Waals surface area contributed by atoms with E-state index in [9.17, 15) is 9.59 Å². The van der Waals surface area contributed by atoms with Gasteiger partial charge in [0.2, 0.25) is 5.91 Å². The van der Waals surface area contributed by atoms with Crippen LogP contribution in [0.4, 0.5) is 5.69 Å². The number of hydrogen-bond donors (Lipinski definition) is 2. The summed E-state index contributed by atoms with van der Waals surface area (Å²) < 4.78 is 0.703. The summed E-state index contributed by atoms with van der Waals surface area (Å²) in [5, 5.41) is 20.3. The number of anilines is 1. The Balaban J connectivity index is 3.03. The van der Waals surface area contributed by atoms with E-state index in [1.165, 1.54) is 13.8 Å². The van der Waals surface area contributed by atoms with Crippen LogP contribution in [0, 0.1) is 16.7 Å². The number of rotatable bonds is 3. The van der Waals surface area contributed by atoms with E-state index in [0.717, 1.165) is 0 Å². The molecule has 0 aromatic heterocycles. The van der Waals surface area contributed by atoms with E-state index in [4.69, 9.17) is 10.4 Å². The predicted octanol–water partition coefficient (Wildman–Crippen LogP) is 2.37. The number of carboxylic acids is 1. The number of amides is 1. The lowest BCUT2D eigenvalue weighted by Crippen LogP contribution is -2.38. The second kappa shape index (κ2) is 5.19. The lowest BCUT2D eigenvalue weighted by Gasteiger charge is -2.18. The Labute approximate surface area is 113 Å². The second-order valence-electron chi connectivity index (χ2n) is 4.19. The van der Waals surface area contributed by atoms with Gasteiger partial charge in [-0.1, -0.05) is 15.9 Å². The Kier molecular flexibility index (Phi) is 4.09. The Morgan fingerprint density at radius 1 is 1.44 bits per heavy atom. The van der Waals surface area contributed by atoms with Crippen molar-refractivity contribution in [2.45, 2.75) is 13.8 Å². The maximum Gasteiger partial charge on any atom is 0.318 e. The number of carbonyl (C=O) groups excluding carboxylic acids is 1. The normalized spacial score (nSPS) is 10.6. The SMILES string of the molecule is CC(C)(C(=O)O)C(=O)Nc1ccc(Br)cc1C#N. The number of nitriles is 1. The molecule has 1 amide bonds. The van der Waals surface area contributed by atoms with E-state index >= 15 is 0 Å². The molecule has 0 unspecified atom stereocenters. The Morgan fingerprint density at radius 3 is 2.56 bits per heavy atom. The molecule has 2 N–H and O–H groups in total. The van der Waals surface area contributed by atoms with Gasteiger partial charge in [0.1, 0.15) is 11.5 Å². The Bertz CT molecular complexity index is 547. The summed E-state index contributed by atoms with van der Waals surface area (Å²) in [6, 6.07) is 6.67. The molecule has 0 aliphatic carbocycles. The summed E-state index contributed by atoms with van der Waals surface area (Å²) in [5.74, 6) is -1.90. The highest BCUT2D eigenvalue weighted by molar-refractivity contribution is 9.10. The highest BCUT2D eigenvalue weighted by atomic mass is 79.9. The average Bonchev–Trinajstić information content (AvgIpc) is 2.30. The summed E-state index contributed by atoms with van der Waals surface area (Å²) in [5.41, 5.74) is -1.00. The van der Waals surface area contributed by atoms with E-state index in [2.05, 4.69) is 21.2 Å². The zero-order chi connectivity index (χ0) is 13.9. The molecule has 0 saturated carbocycles. The smallest absolute Gasteiger partial charge is 0.318 e. The molecule has 5 nitrogen and oxygen atoms in total. The first-order valence-electron chi connectivity index (χ1n) is 5.03. The Morgan fingerprint density at radius 2 is 2.06 bits per heavy atom. The van der Waals surface area contributed by atoms with Gasteiger partial charge in [0.25, 0.3) is 0 Å². The highest BCUT2D eigenvalue weighted by Crippen LogP contribution is 2.23. The van der Waals surface area contributed by atoms with Crippen molar-refractivity contribution in [2.75, 3.05) is 5.32 Å². The Hall–Kier alpha value is -1.87. The molecule has 94 valence electrons. The molecule has 0 bridgehead atoms. The minimum Gasteiger partial charge on any atom is -0.480 e. The maximum atomic E-state index is 11.8. The quantitative estimate of drug-likeness (QED) is 0.839. The van der Waals surface area contributed by atoms with Gasteiger partial charge in [0.15, 0.2) is 0 Å². The summed E-state index contributed by atoms with van der Waals surface area (Å²) in [6.07, 6.45) is 0. The predicted molar refractivity (Wildman–Crippen MR) is 68.9 cm³/mol. The maximum absolute atomic E-state index is 11.8. The van der Waals surface area contributed by atoms with Gasteiger partial charge in [0.05, 0.1) is 11.3 Å².